The monoisotopic (exact) mass is 524 g/mol. The van der Waals surface area contributed by atoms with Gasteiger partial charge in [0.05, 0.1) is 18.2 Å². The van der Waals surface area contributed by atoms with Gasteiger partial charge in [0.15, 0.2) is 12.1 Å². The van der Waals surface area contributed by atoms with Gasteiger partial charge in [-0.15, -0.1) is 0 Å². The average molecular weight is 525 g/mol. The highest BCUT2D eigenvalue weighted by Gasteiger charge is 2.25. The van der Waals surface area contributed by atoms with E-state index in [1.165, 1.54) is 11.3 Å². The third kappa shape index (κ3) is 7.10. The summed E-state index contributed by atoms with van der Waals surface area (Å²) in [4.78, 5) is 44.6. The molecule has 0 aliphatic carbocycles. The Bertz CT molecular complexity index is 1250. The zero-order valence-corrected chi connectivity index (χ0v) is 21.3. The number of fused-ring (bicyclic) bond motifs is 1. The average Bonchev–Trinajstić information content (AvgIpc) is 3.32. The highest BCUT2D eigenvalue weighted by Crippen LogP contribution is 2.23. The number of benzene rings is 2. The van der Waals surface area contributed by atoms with Crippen LogP contribution in [-0.2, 0) is 11.2 Å². The van der Waals surface area contributed by atoms with Gasteiger partial charge < -0.3 is 24.7 Å². The van der Waals surface area contributed by atoms with E-state index in [0.717, 1.165) is 5.56 Å². The molecule has 0 radical (unpaired) electrons. The Balaban J connectivity index is 1.58. The molecule has 194 valence electrons. The lowest BCUT2D eigenvalue weighted by Gasteiger charge is -2.24. The number of hydrogen-bond donors (Lipinski definition) is 2. The van der Waals surface area contributed by atoms with Gasteiger partial charge in [0, 0.05) is 18.1 Å². The molecule has 3 aromatic rings. The number of aromatic nitrogens is 1. The molecule has 4 rings (SSSR count). The molecule has 10 heteroatoms. The summed E-state index contributed by atoms with van der Waals surface area (Å²) in [5.41, 5.74) is 1.51. The van der Waals surface area contributed by atoms with Crippen molar-refractivity contribution in [3.63, 3.8) is 0 Å². The quantitative estimate of drug-likeness (QED) is 0.543. The lowest BCUT2D eigenvalue weighted by Crippen LogP contribution is -2.47. The number of halogens is 1. The Hall–Kier alpha value is -3.85. The fraction of sp³-hybridized carbons (Fsp3) is 0.333. The zero-order valence-electron chi connectivity index (χ0n) is 20.5. The first-order valence-corrected chi connectivity index (χ1v) is 12.5. The van der Waals surface area contributed by atoms with Gasteiger partial charge in [-0.2, -0.15) is 0 Å². The normalized spacial score (nSPS) is 17.5. The molecular weight excluding hydrogens is 496 g/mol. The van der Waals surface area contributed by atoms with Crippen LogP contribution in [0.3, 0.4) is 0 Å². The molecule has 1 aliphatic rings. The Morgan fingerprint density at radius 2 is 1.97 bits per heavy atom. The van der Waals surface area contributed by atoms with Crippen LogP contribution in [0, 0.1) is 6.92 Å². The van der Waals surface area contributed by atoms with E-state index in [9.17, 15) is 14.4 Å². The fourth-order valence-electron chi connectivity index (χ4n) is 4.13. The van der Waals surface area contributed by atoms with Crippen LogP contribution in [0.2, 0.25) is 5.02 Å². The predicted octanol–water partition coefficient (Wildman–Crippen LogP) is 3.41. The summed E-state index contributed by atoms with van der Waals surface area (Å²) in [5.74, 6) is -0.239. The third-order valence-electron chi connectivity index (χ3n) is 6.03. The number of amides is 3. The first-order chi connectivity index (χ1) is 17.9. The van der Waals surface area contributed by atoms with Crippen LogP contribution in [0.25, 0.3) is 0 Å². The molecule has 2 N–H and O–H groups in total. The van der Waals surface area contributed by atoms with Crippen molar-refractivity contribution < 1.29 is 23.5 Å². The van der Waals surface area contributed by atoms with Crippen molar-refractivity contribution in [2.45, 2.75) is 32.2 Å². The Labute approximate surface area is 220 Å². The first-order valence-electron chi connectivity index (χ1n) is 12.1. The van der Waals surface area contributed by atoms with Gasteiger partial charge >= 0.3 is 0 Å². The van der Waals surface area contributed by atoms with Gasteiger partial charge in [-0.1, -0.05) is 41.9 Å². The van der Waals surface area contributed by atoms with E-state index in [1.807, 2.05) is 30.3 Å². The van der Waals surface area contributed by atoms with E-state index in [0.29, 0.717) is 54.4 Å². The first kappa shape index (κ1) is 26.2. The van der Waals surface area contributed by atoms with Gasteiger partial charge in [0.1, 0.15) is 18.1 Å². The number of nitrogens with zero attached hydrogens (tertiary/aromatic N) is 2. The fourth-order valence-corrected chi connectivity index (χ4v) is 4.30. The topological polar surface area (TPSA) is 114 Å². The molecule has 0 fully saturated rings. The minimum Gasteiger partial charge on any atom is -0.491 e. The molecule has 1 atom stereocenters. The van der Waals surface area contributed by atoms with E-state index >= 15 is 0 Å². The Morgan fingerprint density at radius 1 is 1.16 bits per heavy atom. The number of oxazole rings is 1. The van der Waals surface area contributed by atoms with E-state index in [2.05, 4.69) is 15.6 Å². The van der Waals surface area contributed by atoms with E-state index in [4.69, 9.17) is 20.8 Å². The molecule has 0 bridgehead atoms. The highest BCUT2D eigenvalue weighted by atomic mass is 35.5. The van der Waals surface area contributed by atoms with Crippen LogP contribution in [0.15, 0.2) is 59.3 Å². The number of hydrogen-bond acceptors (Lipinski definition) is 6. The summed E-state index contributed by atoms with van der Waals surface area (Å²) in [6, 6.07) is 14.1. The van der Waals surface area contributed by atoms with E-state index < -0.39 is 6.04 Å². The van der Waals surface area contributed by atoms with Crippen LogP contribution < -0.4 is 15.4 Å². The minimum absolute atomic E-state index is 0.110. The van der Waals surface area contributed by atoms with Crippen molar-refractivity contribution in [1.82, 2.24) is 20.5 Å². The van der Waals surface area contributed by atoms with Crippen molar-refractivity contribution in [3.8, 4) is 5.75 Å². The second kappa shape index (κ2) is 12.4. The molecular formula is C27H29ClN4O5. The molecule has 0 spiro atoms. The Kier molecular flexibility index (Phi) is 8.79. The van der Waals surface area contributed by atoms with Crippen molar-refractivity contribution in [3.05, 3.63) is 82.5 Å². The maximum Gasteiger partial charge on any atom is 0.276 e. The van der Waals surface area contributed by atoms with Gasteiger partial charge in [0.2, 0.25) is 5.91 Å². The van der Waals surface area contributed by atoms with Crippen LogP contribution in [0.5, 0.6) is 5.75 Å². The number of rotatable bonds is 3. The minimum atomic E-state index is -0.419. The summed E-state index contributed by atoms with van der Waals surface area (Å²) in [6.45, 7) is 2.32. The summed E-state index contributed by atoms with van der Waals surface area (Å²) < 4.78 is 11.2. The molecule has 1 aliphatic heterocycles. The molecule has 37 heavy (non-hydrogen) atoms. The summed E-state index contributed by atoms with van der Waals surface area (Å²) >= 11 is 6.15. The maximum absolute atomic E-state index is 13.1. The molecule has 2 aromatic carbocycles. The van der Waals surface area contributed by atoms with E-state index in [1.54, 1.807) is 25.1 Å². The smallest absolute Gasteiger partial charge is 0.276 e. The number of aryl methyl sites for hydroxylation is 1. The summed E-state index contributed by atoms with van der Waals surface area (Å²) in [5, 5.41) is 6.31. The van der Waals surface area contributed by atoms with Crippen LogP contribution in [0.4, 0.5) is 0 Å². The molecule has 0 saturated heterocycles. The molecule has 9 nitrogen and oxygen atoms in total. The largest absolute Gasteiger partial charge is 0.491 e. The second-order valence-corrected chi connectivity index (χ2v) is 9.29. The lowest BCUT2D eigenvalue weighted by atomic mass is 10.1. The van der Waals surface area contributed by atoms with Crippen molar-refractivity contribution >= 4 is 29.3 Å². The Morgan fingerprint density at radius 3 is 2.73 bits per heavy atom. The zero-order chi connectivity index (χ0) is 26.2. The van der Waals surface area contributed by atoms with Crippen molar-refractivity contribution in [2.24, 2.45) is 0 Å². The van der Waals surface area contributed by atoms with Crippen LogP contribution in [0.1, 0.15) is 45.0 Å². The van der Waals surface area contributed by atoms with Crippen molar-refractivity contribution in [2.75, 3.05) is 26.2 Å². The van der Waals surface area contributed by atoms with Gasteiger partial charge in [0.25, 0.3) is 11.8 Å². The molecule has 0 saturated carbocycles. The number of ether oxygens (including phenoxy) is 1. The lowest BCUT2D eigenvalue weighted by molar-refractivity contribution is -0.122. The number of carbonyl (C=O) groups is 3. The number of nitrogens with one attached hydrogen (secondary N) is 2. The third-order valence-corrected chi connectivity index (χ3v) is 6.26. The van der Waals surface area contributed by atoms with Crippen molar-refractivity contribution in [1.29, 1.82) is 0 Å². The van der Waals surface area contributed by atoms with Gasteiger partial charge in [-0.25, -0.2) is 4.98 Å². The molecule has 2 heterocycles. The van der Waals surface area contributed by atoms with Crippen LogP contribution >= 0.6 is 11.6 Å². The van der Waals surface area contributed by atoms with Gasteiger partial charge in [-0.3, -0.25) is 14.4 Å². The molecule has 1 aromatic heterocycles. The van der Waals surface area contributed by atoms with E-state index in [-0.39, 0.29) is 36.6 Å². The number of carbonyl (C=O) groups excluding carboxylic acids is 3. The predicted molar refractivity (Wildman–Crippen MR) is 138 cm³/mol. The molecule has 3 amide bonds. The maximum atomic E-state index is 13.1. The standard InChI is InChI=1S/C27H29ClN4O5/c1-18-25(30-17-37-18)27(35)32-12-6-5-11-29-26(34)22-14-20(28)9-10-23(22)36-16-21(31-24(33)15-32)13-19-7-3-2-4-8-19/h2-4,7-10,14,17,21H,5-6,11-13,15-16H2,1H3,(H,29,34)(H,31,33)/t21-/m1/s1. The SMILES string of the molecule is Cc1ocnc1C(=O)N1CCCCNC(=O)c2cc(Cl)ccc2OC[C@@H](Cc2ccccc2)NC(=O)C1. The van der Waals surface area contributed by atoms with Gasteiger partial charge in [-0.05, 0) is 49.9 Å². The summed E-state index contributed by atoms with van der Waals surface area (Å²) in [6.07, 6.45) is 2.88. The summed E-state index contributed by atoms with van der Waals surface area (Å²) in [7, 11) is 0. The highest BCUT2D eigenvalue weighted by molar-refractivity contribution is 6.31. The second-order valence-electron chi connectivity index (χ2n) is 8.85. The molecule has 0 unspecified atom stereocenters. The van der Waals surface area contributed by atoms with Crippen LogP contribution in [-0.4, -0.2) is 59.9 Å².